The van der Waals surface area contributed by atoms with Gasteiger partial charge in [0.15, 0.2) is 0 Å². The number of halogens is 1. The third kappa shape index (κ3) is 6.08. The summed E-state index contributed by atoms with van der Waals surface area (Å²) in [5, 5.41) is 2.61. The van der Waals surface area contributed by atoms with Gasteiger partial charge < -0.3 is 5.32 Å². The van der Waals surface area contributed by atoms with Crippen LogP contribution in [0.5, 0.6) is 0 Å². The smallest absolute Gasteiger partial charge is 0.261 e. The molecule has 0 aliphatic carbocycles. The average molecular weight is 507 g/mol. The van der Waals surface area contributed by atoms with Crippen molar-refractivity contribution in [3.63, 3.8) is 0 Å². The summed E-state index contributed by atoms with van der Waals surface area (Å²) in [7, 11) is -7.75. The monoisotopic (exact) mass is 506 g/mol. The first-order valence-electron chi connectivity index (χ1n) is 10.1. The molecule has 1 atom stereocenters. The number of carbonyl (C=O) groups excluding carboxylic acids is 1. The fourth-order valence-electron chi connectivity index (χ4n) is 3.23. The molecular formula is C22H23FN4O5S2. The summed E-state index contributed by atoms with van der Waals surface area (Å²) >= 11 is 0. The minimum Gasteiger partial charge on any atom is -0.324 e. The number of hydrogen-bond donors (Lipinski definition) is 2. The molecule has 1 amide bonds. The van der Waals surface area contributed by atoms with Gasteiger partial charge in [0, 0.05) is 11.9 Å². The molecule has 0 saturated heterocycles. The van der Waals surface area contributed by atoms with E-state index in [1.54, 1.807) is 19.1 Å². The molecular weight excluding hydrogens is 483 g/mol. The molecule has 0 radical (unpaired) electrons. The van der Waals surface area contributed by atoms with Crippen molar-refractivity contribution in [1.82, 2.24) is 4.98 Å². The van der Waals surface area contributed by atoms with Crippen molar-refractivity contribution in [2.24, 2.45) is 0 Å². The largest absolute Gasteiger partial charge is 0.324 e. The van der Waals surface area contributed by atoms with Gasteiger partial charge in [-0.05, 0) is 67.1 Å². The lowest BCUT2D eigenvalue weighted by Gasteiger charge is -2.30. The summed E-state index contributed by atoms with van der Waals surface area (Å²) in [6.45, 7) is 1.64. The Morgan fingerprint density at radius 2 is 1.65 bits per heavy atom. The quantitative estimate of drug-likeness (QED) is 0.459. The van der Waals surface area contributed by atoms with E-state index in [4.69, 9.17) is 0 Å². The molecule has 0 spiro atoms. The van der Waals surface area contributed by atoms with Crippen LogP contribution in [0.2, 0.25) is 0 Å². The number of hydrogen-bond acceptors (Lipinski definition) is 6. The molecule has 2 aromatic carbocycles. The maximum Gasteiger partial charge on any atom is 0.261 e. The van der Waals surface area contributed by atoms with Crippen LogP contribution in [-0.2, 0) is 24.8 Å². The summed E-state index contributed by atoms with van der Waals surface area (Å²) in [5.74, 6) is -1.16. The highest BCUT2D eigenvalue weighted by Gasteiger charge is 2.31. The van der Waals surface area contributed by atoms with Gasteiger partial charge in [-0.2, -0.15) is 0 Å². The van der Waals surface area contributed by atoms with Crippen molar-refractivity contribution >= 4 is 43.0 Å². The Kier molecular flexibility index (Phi) is 7.52. The molecule has 0 bridgehead atoms. The number of aromatic nitrogens is 1. The molecule has 2 N–H and O–H groups in total. The van der Waals surface area contributed by atoms with Gasteiger partial charge in [-0.1, -0.05) is 6.92 Å². The zero-order valence-corrected chi connectivity index (χ0v) is 20.0. The minimum atomic E-state index is -3.88. The minimum absolute atomic E-state index is 0.0366. The molecule has 9 nitrogen and oxygen atoms in total. The first kappa shape index (κ1) is 25.1. The van der Waals surface area contributed by atoms with Gasteiger partial charge in [-0.25, -0.2) is 21.2 Å². The van der Waals surface area contributed by atoms with Crippen LogP contribution < -0.4 is 14.3 Å². The van der Waals surface area contributed by atoms with Crippen LogP contribution in [0, 0.1) is 5.82 Å². The summed E-state index contributed by atoms with van der Waals surface area (Å²) in [6.07, 6.45) is 3.98. The third-order valence-electron chi connectivity index (χ3n) is 4.76. The number of nitrogens with zero attached hydrogens (tertiary/aromatic N) is 2. The zero-order chi connectivity index (χ0) is 24.9. The van der Waals surface area contributed by atoms with Gasteiger partial charge >= 0.3 is 0 Å². The number of anilines is 3. The maximum atomic E-state index is 13.3. The Balaban J connectivity index is 1.79. The van der Waals surface area contributed by atoms with Crippen molar-refractivity contribution in [3.8, 4) is 0 Å². The van der Waals surface area contributed by atoms with Crippen molar-refractivity contribution < 1.29 is 26.0 Å². The highest BCUT2D eigenvalue weighted by atomic mass is 32.2. The van der Waals surface area contributed by atoms with E-state index in [2.05, 4.69) is 15.0 Å². The van der Waals surface area contributed by atoms with Gasteiger partial charge in [0.1, 0.15) is 11.9 Å². The standard InChI is InChI=1S/C22H23FN4O5S2/c1-3-21(27(33(2,29)30)19-10-6-16(23)7-11-19)22(28)25-17-8-12-20(13-9-17)34(31,32)26-18-5-4-14-24-15-18/h4-15,21,26H,3H2,1-2H3,(H,25,28). The molecule has 1 heterocycles. The van der Waals surface area contributed by atoms with Gasteiger partial charge in [0.2, 0.25) is 15.9 Å². The predicted molar refractivity (Wildman–Crippen MR) is 128 cm³/mol. The molecule has 1 aromatic heterocycles. The SMILES string of the molecule is CCC(C(=O)Nc1ccc(S(=O)(=O)Nc2cccnc2)cc1)N(c1ccc(F)cc1)S(C)(=O)=O. The Morgan fingerprint density at radius 3 is 2.18 bits per heavy atom. The number of carbonyl (C=O) groups is 1. The van der Waals surface area contributed by atoms with E-state index in [1.165, 1.54) is 48.8 Å². The molecule has 3 rings (SSSR count). The molecule has 0 fully saturated rings. The van der Waals surface area contributed by atoms with Crippen LogP contribution in [0.4, 0.5) is 21.5 Å². The highest BCUT2D eigenvalue weighted by Crippen LogP contribution is 2.24. The number of benzene rings is 2. The lowest BCUT2D eigenvalue weighted by molar-refractivity contribution is -0.117. The molecule has 180 valence electrons. The average Bonchev–Trinajstić information content (AvgIpc) is 2.78. The Hall–Kier alpha value is -3.51. The maximum absolute atomic E-state index is 13.3. The summed E-state index contributed by atoms with van der Waals surface area (Å²) < 4.78 is 66.6. The van der Waals surface area contributed by atoms with Crippen molar-refractivity contribution in [1.29, 1.82) is 0 Å². The second kappa shape index (κ2) is 10.2. The van der Waals surface area contributed by atoms with Crippen LogP contribution in [0.1, 0.15) is 13.3 Å². The van der Waals surface area contributed by atoms with Gasteiger partial charge in [0.05, 0.1) is 28.7 Å². The molecule has 0 saturated carbocycles. The summed E-state index contributed by atoms with van der Waals surface area (Å²) in [5.41, 5.74) is 0.720. The Morgan fingerprint density at radius 1 is 1.00 bits per heavy atom. The van der Waals surface area contributed by atoms with Crippen LogP contribution in [-0.4, -0.2) is 40.0 Å². The first-order chi connectivity index (χ1) is 16.0. The zero-order valence-electron chi connectivity index (χ0n) is 18.3. The van der Waals surface area contributed by atoms with Gasteiger partial charge in [0.25, 0.3) is 10.0 Å². The van der Waals surface area contributed by atoms with E-state index in [0.717, 1.165) is 22.7 Å². The van der Waals surface area contributed by atoms with Crippen LogP contribution in [0.3, 0.4) is 0 Å². The molecule has 0 aliphatic rings. The van der Waals surface area contributed by atoms with E-state index in [1.807, 2.05) is 0 Å². The Bertz CT molecular complexity index is 1350. The van der Waals surface area contributed by atoms with Crippen LogP contribution in [0.25, 0.3) is 0 Å². The van der Waals surface area contributed by atoms with Crippen molar-refractivity contribution in [2.45, 2.75) is 24.3 Å². The molecule has 12 heteroatoms. The van der Waals surface area contributed by atoms with Crippen LogP contribution in [0.15, 0.2) is 78.0 Å². The molecule has 3 aromatic rings. The van der Waals surface area contributed by atoms with E-state index in [0.29, 0.717) is 5.69 Å². The number of sulfonamides is 2. The number of amides is 1. The van der Waals surface area contributed by atoms with Crippen LogP contribution >= 0.6 is 0 Å². The number of pyridine rings is 1. The second-order valence-electron chi connectivity index (χ2n) is 7.32. The molecule has 0 aliphatic heterocycles. The number of nitrogens with one attached hydrogen (secondary N) is 2. The van der Waals surface area contributed by atoms with E-state index >= 15 is 0 Å². The third-order valence-corrected chi connectivity index (χ3v) is 7.33. The van der Waals surface area contributed by atoms with Gasteiger partial charge in [-0.15, -0.1) is 0 Å². The fourth-order valence-corrected chi connectivity index (χ4v) is 5.48. The number of rotatable bonds is 9. The van der Waals surface area contributed by atoms with E-state index in [9.17, 15) is 26.0 Å². The topological polar surface area (TPSA) is 126 Å². The fraction of sp³-hybridized carbons (Fsp3) is 0.182. The van der Waals surface area contributed by atoms with Crippen molar-refractivity contribution in [2.75, 3.05) is 20.6 Å². The highest BCUT2D eigenvalue weighted by molar-refractivity contribution is 7.92. The predicted octanol–water partition coefficient (Wildman–Crippen LogP) is 3.20. The lowest BCUT2D eigenvalue weighted by Crippen LogP contribution is -2.47. The summed E-state index contributed by atoms with van der Waals surface area (Å²) in [4.78, 5) is 16.8. The van der Waals surface area contributed by atoms with Crippen molar-refractivity contribution in [3.05, 3.63) is 78.9 Å². The van der Waals surface area contributed by atoms with E-state index in [-0.39, 0.29) is 22.7 Å². The Labute approximate surface area is 197 Å². The van der Waals surface area contributed by atoms with E-state index < -0.39 is 37.8 Å². The molecule has 34 heavy (non-hydrogen) atoms. The molecule has 1 unspecified atom stereocenters. The normalized spacial score (nSPS) is 12.6. The summed E-state index contributed by atoms with van der Waals surface area (Å²) in [6, 6.07) is 12.2. The lowest BCUT2D eigenvalue weighted by atomic mass is 10.2. The first-order valence-corrected chi connectivity index (χ1v) is 13.4. The second-order valence-corrected chi connectivity index (χ2v) is 10.9. The van der Waals surface area contributed by atoms with Gasteiger partial charge in [-0.3, -0.25) is 18.8 Å².